The second-order valence-electron chi connectivity index (χ2n) is 2.77. The average Bonchev–Trinajstić information content (AvgIpc) is 1.97. The van der Waals surface area contributed by atoms with E-state index in [1.54, 1.807) is 0 Å². The van der Waals surface area contributed by atoms with Crippen molar-refractivity contribution in [1.29, 1.82) is 0 Å². The minimum absolute atomic E-state index is 0.00620. The van der Waals surface area contributed by atoms with E-state index in [0.29, 0.717) is 0 Å². The number of anilines is 2. The van der Waals surface area contributed by atoms with Gasteiger partial charge in [-0.05, 0) is 6.07 Å². The Kier molecular flexibility index (Phi) is 2.77. The molecule has 0 saturated heterocycles. The number of halogens is 1. The molecule has 1 rings (SSSR count). The van der Waals surface area contributed by atoms with Crippen molar-refractivity contribution in [2.24, 2.45) is 0 Å². The number of hydrogen-bond acceptors (Lipinski definition) is 4. The van der Waals surface area contributed by atoms with Crippen LogP contribution in [-0.2, 0) is 10.0 Å². The van der Waals surface area contributed by atoms with Crippen molar-refractivity contribution in [2.45, 2.75) is 0 Å². The van der Waals surface area contributed by atoms with Crippen LogP contribution >= 0.6 is 11.6 Å². The number of nitrogens with one attached hydrogen (secondary N) is 1. The molecule has 5 nitrogen and oxygen atoms in total. The summed E-state index contributed by atoms with van der Waals surface area (Å²) in [5, 5.41) is 9.49. The van der Waals surface area contributed by atoms with Gasteiger partial charge in [0.25, 0.3) is 0 Å². The number of phenolic OH excluding ortho intramolecular Hbond substituents is 1. The summed E-state index contributed by atoms with van der Waals surface area (Å²) < 4.78 is 23.8. The van der Waals surface area contributed by atoms with Crippen LogP contribution in [0, 0.1) is 0 Å². The van der Waals surface area contributed by atoms with Gasteiger partial charge in [-0.1, -0.05) is 11.6 Å². The van der Waals surface area contributed by atoms with Crippen LogP contribution in [-0.4, -0.2) is 19.8 Å². The topological polar surface area (TPSA) is 92.4 Å². The first-order valence-electron chi connectivity index (χ1n) is 3.55. The van der Waals surface area contributed by atoms with E-state index in [1.807, 2.05) is 0 Å². The third-order valence-corrected chi connectivity index (χ3v) is 2.33. The molecule has 0 aliphatic heterocycles. The van der Waals surface area contributed by atoms with Gasteiger partial charge in [0.2, 0.25) is 10.0 Å². The standard InChI is InChI=1S/C7H9ClN2O3S/c1-14(12,13)10-6-2-4(8)5(9)3-7(6)11/h2-3,10-11H,9H2,1H3. The molecule has 0 heterocycles. The van der Waals surface area contributed by atoms with Crippen LogP contribution in [0.4, 0.5) is 11.4 Å². The highest BCUT2D eigenvalue weighted by atomic mass is 35.5. The van der Waals surface area contributed by atoms with Gasteiger partial charge in [0.15, 0.2) is 0 Å². The van der Waals surface area contributed by atoms with Crippen molar-refractivity contribution in [1.82, 2.24) is 0 Å². The molecule has 0 spiro atoms. The van der Waals surface area contributed by atoms with E-state index in [2.05, 4.69) is 4.72 Å². The Hall–Kier alpha value is -1.14. The maximum Gasteiger partial charge on any atom is 0.229 e. The number of phenols is 1. The quantitative estimate of drug-likeness (QED) is 0.528. The highest BCUT2D eigenvalue weighted by Crippen LogP contribution is 2.32. The molecule has 1 aromatic carbocycles. The van der Waals surface area contributed by atoms with E-state index in [1.165, 1.54) is 12.1 Å². The molecule has 0 aliphatic carbocycles. The van der Waals surface area contributed by atoms with Crippen LogP contribution in [0.2, 0.25) is 5.02 Å². The molecule has 4 N–H and O–H groups in total. The van der Waals surface area contributed by atoms with Gasteiger partial charge in [-0.15, -0.1) is 0 Å². The summed E-state index contributed by atoms with van der Waals surface area (Å²) >= 11 is 5.64. The zero-order chi connectivity index (χ0) is 10.9. The first-order valence-corrected chi connectivity index (χ1v) is 5.82. The van der Waals surface area contributed by atoms with Crippen molar-refractivity contribution < 1.29 is 13.5 Å². The molecule has 0 saturated carbocycles. The number of nitrogen functional groups attached to an aromatic ring is 1. The number of aromatic hydroxyl groups is 1. The summed E-state index contributed by atoms with van der Waals surface area (Å²) in [4.78, 5) is 0. The predicted molar refractivity (Wildman–Crippen MR) is 56.0 cm³/mol. The largest absolute Gasteiger partial charge is 0.506 e. The first-order chi connectivity index (χ1) is 6.29. The van der Waals surface area contributed by atoms with Crippen molar-refractivity contribution >= 4 is 33.0 Å². The van der Waals surface area contributed by atoms with E-state index < -0.39 is 10.0 Å². The predicted octanol–water partition coefficient (Wildman–Crippen LogP) is 0.999. The lowest BCUT2D eigenvalue weighted by atomic mass is 10.2. The SMILES string of the molecule is CS(=O)(=O)Nc1cc(Cl)c(N)cc1O. The lowest BCUT2D eigenvalue weighted by Gasteiger charge is -2.07. The fraction of sp³-hybridized carbons (Fsp3) is 0.143. The molecule has 14 heavy (non-hydrogen) atoms. The molecule has 0 amide bonds. The van der Waals surface area contributed by atoms with E-state index in [4.69, 9.17) is 17.3 Å². The summed E-state index contributed by atoms with van der Waals surface area (Å²) in [6.07, 6.45) is 0.969. The zero-order valence-corrected chi connectivity index (χ0v) is 8.85. The summed E-state index contributed by atoms with van der Waals surface area (Å²) in [5.74, 6) is -0.266. The van der Waals surface area contributed by atoms with Crippen LogP contribution in [0.1, 0.15) is 0 Å². The Morgan fingerprint density at radius 3 is 2.57 bits per heavy atom. The Balaban J connectivity index is 3.17. The number of nitrogens with two attached hydrogens (primary N) is 1. The number of hydrogen-bond donors (Lipinski definition) is 3. The highest BCUT2D eigenvalue weighted by molar-refractivity contribution is 7.92. The number of sulfonamides is 1. The molecule has 0 aromatic heterocycles. The third-order valence-electron chi connectivity index (χ3n) is 1.41. The van der Waals surface area contributed by atoms with Crippen molar-refractivity contribution in [3.05, 3.63) is 17.2 Å². The van der Waals surface area contributed by atoms with Crippen LogP contribution in [0.3, 0.4) is 0 Å². The minimum Gasteiger partial charge on any atom is -0.506 e. The van der Waals surface area contributed by atoms with Crippen LogP contribution < -0.4 is 10.5 Å². The lowest BCUT2D eigenvalue weighted by Crippen LogP contribution is -2.09. The maximum atomic E-state index is 10.9. The second-order valence-corrected chi connectivity index (χ2v) is 4.92. The van der Waals surface area contributed by atoms with Gasteiger partial charge in [-0.3, -0.25) is 4.72 Å². The molecule has 78 valence electrons. The summed E-state index contributed by atoms with van der Waals surface area (Å²) in [6.45, 7) is 0. The normalized spacial score (nSPS) is 11.3. The average molecular weight is 237 g/mol. The van der Waals surface area contributed by atoms with E-state index >= 15 is 0 Å². The van der Waals surface area contributed by atoms with E-state index in [-0.39, 0.29) is 22.1 Å². The summed E-state index contributed by atoms with van der Waals surface area (Å²) in [6, 6.07) is 2.42. The minimum atomic E-state index is -3.44. The maximum absolute atomic E-state index is 10.9. The molecule has 0 unspecified atom stereocenters. The van der Waals surface area contributed by atoms with E-state index in [9.17, 15) is 13.5 Å². The molecule has 0 atom stereocenters. The van der Waals surface area contributed by atoms with Gasteiger partial charge in [-0.25, -0.2) is 8.42 Å². The molecule has 1 aromatic rings. The molecular weight excluding hydrogens is 228 g/mol. The fourth-order valence-corrected chi connectivity index (χ4v) is 1.59. The monoisotopic (exact) mass is 236 g/mol. The number of benzene rings is 1. The van der Waals surface area contributed by atoms with Crippen molar-refractivity contribution in [2.75, 3.05) is 16.7 Å². The Morgan fingerprint density at radius 1 is 1.50 bits per heavy atom. The van der Waals surface area contributed by atoms with Crippen molar-refractivity contribution in [3.8, 4) is 5.75 Å². The Morgan fingerprint density at radius 2 is 2.07 bits per heavy atom. The van der Waals surface area contributed by atoms with Crippen LogP contribution in [0.15, 0.2) is 12.1 Å². The van der Waals surface area contributed by atoms with Gasteiger partial charge in [0.05, 0.1) is 22.7 Å². The molecule has 0 radical (unpaired) electrons. The fourth-order valence-electron chi connectivity index (χ4n) is 0.859. The van der Waals surface area contributed by atoms with Crippen molar-refractivity contribution in [3.63, 3.8) is 0 Å². The number of rotatable bonds is 2. The second kappa shape index (κ2) is 3.55. The molecule has 0 bridgehead atoms. The Labute approximate surface area is 86.5 Å². The van der Waals surface area contributed by atoms with Gasteiger partial charge in [0, 0.05) is 6.07 Å². The smallest absolute Gasteiger partial charge is 0.229 e. The highest BCUT2D eigenvalue weighted by Gasteiger charge is 2.09. The molecule has 0 fully saturated rings. The van der Waals surface area contributed by atoms with Gasteiger partial charge >= 0.3 is 0 Å². The van der Waals surface area contributed by atoms with Gasteiger partial charge in [-0.2, -0.15) is 0 Å². The van der Waals surface area contributed by atoms with Gasteiger partial charge < -0.3 is 10.8 Å². The zero-order valence-electron chi connectivity index (χ0n) is 7.28. The molecular formula is C7H9ClN2O3S. The van der Waals surface area contributed by atoms with Crippen LogP contribution in [0.25, 0.3) is 0 Å². The molecule has 7 heteroatoms. The first kappa shape index (κ1) is 10.9. The Bertz CT molecular complexity index is 458. The summed E-state index contributed by atoms with van der Waals surface area (Å²) in [7, 11) is -3.44. The van der Waals surface area contributed by atoms with Gasteiger partial charge in [0.1, 0.15) is 5.75 Å². The summed E-state index contributed by atoms with van der Waals surface area (Å²) in [5.41, 5.74) is 5.57. The van der Waals surface area contributed by atoms with Crippen LogP contribution in [0.5, 0.6) is 5.75 Å². The lowest BCUT2D eigenvalue weighted by molar-refractivity contribution is 0.478. The third kappa shape index (κ3) is 2.68. The molecule has 0 aliphatic rings. The van der Waals surface area contributed by atoms with E-state index in [0.717, 1.165) is 6.26 Å².